The third-order valence-electron chi connectivity index (χ3n) is 2.52. The van der Waals surface area contributed by atoms with Crippen molar-refractivity contribution in [1.82, 2.24) is 5.32 Å². The number of hydrogen-bond donors (Lipinski definition) is 2. The summed E-state index contributed by atoms with van der Waals surface area (Å²) in [6.07, 6.45) is 10.2. The van der Waals surface area contributed by atoms with Gasteiger partial charge in [-0.1, -0.05) is 18.2 Å². The van der Waals surface area contributed by atoms with Crippen LogP contribution in [-0.2, 0) is 4.79 Å². The molecule has 0 bridgehead atoms. The van der Waals surface area contributed by atoms with Gasteiger partial charge in [0.05, 0.1) is 0 Å². The second kappa shape index (κ2) is 4.96. The fourth-order valence-electron chi connectivity index (χ4n) is 1.38. The Morgan fingerprint density at radius 1 is 1.50 bits per heavy atom. The molecule has 1 aliphatic rings. The Morgan fingerprint density at radius 2 is 2.21 bits per heavy atom. The molecule has 0 radical (unpaired) electrons. The zero-order valence-electron chi connectivity index (χ0n) is 8.62. The van der Waals surface area contributed by atoms with Crippen molar-refractivity contribution in [3.8, 4) is 0 Å². The molecule has 3 N–H and O–H groups in total. The first-order valence-corrected chi connectivity index (χ1v) is 5.02. The van der Waals surface area contributed by atoms with Crippen LogP contribution in [0.25, 0.3) is 0 Å². The molecular weight excluding hydrogens is 176 g/mol. The Bertz CT molecular complexity index is 252. The summed E-state index contributed by atoms with van der Waals surface area (Å²) in [6.45, 7) is 2.50. The van der Waals surface area contributed by atoms with Crippen molar-refractivity contribution < 1.29 is 4.79 Å². The van der Waals surface area contributed by atoms with E-state index in [2.05, 4.69) is 5.32 Å². The molecule has 0 atom stereocenters. The number of rotatable bonds is 4. The fraction of sp³-hybridized carbons (Fsp3) is 0.545. The van der Waals surface area contributed by atoms with Gasteiger partial charge in [-0.25, -0.2) is 0 Å². The normalized spacial score (nSPS) is 19.9. The van der Waals surface area contributed by atoms with Crippen LogP contribution in [0.2, 0.25) is 0 Å². The van der Waals surface area contributed by atoms with E-state index in [1.54, 1.807) is 6.08 Å². The predicted molar refractivity (Wildman–Crippen MR) is 57.7 cm³/mol. The van der Waals surface area contributed by atoms with E-state index in [0.717, 1.165) is 12.8 Å². The number of nitrogens with one attached hydrogen (secondary N) is 1. The van der Waals surface area contributed by atoms with Crippen LogP contribution in [0, 0.1) is 0 Å². The first-order valence-electron chi connectivity index (χ1n) is 5.02. The Kier molecular flexibility index (Phi) is 3.89. The number of hydrogen-bond acceptors (Lipinski definition) is 2. The summed E-state index contributed by atoms with van der Waals surface area (Å²) < 4.78 is 0. The van der Waals surface area contributed by atoms with Crippen LogP contribution >= 0.6 is 0 Å². The maximum atomic E-state index is 11.2. The van der Waals surface area contributed by atoms with E-state index in [0.29, 0.717) is 6.54 Å². The van der Waals surface area contributed by atoms with Gasteiger partial charge in [0.2, 0.25) is 5.91 Å². The lowest BCUT2D eigenvalue weighted by Crippen LogP contribution is -2.54. The van der Waals surface area contributed by atoms with Crippen LogP contribution in [0.5, 0.6) is 0 Å². The average Bonchev–Trinajstić information content (AvgIpc) is 2.12. The van der Waals surface area contributed by atoms with Gasteiger partial charge in [0.1, 0.15) is 0 Å². The molecule has 1 rings (SSSR count). The number of amides is 1. The molecular formula is C11H18N2O. The van der Waals surface area contributed by atoms with Crippen LogP contribution < -0.4 is 11.1 Å². The molecule has 1 amide bonds. The third-order valence-corrected chi connectivity index (χ3v) is 2.52. The van der Waals surface area contributed by atoms with Crippen molar-refractivity contribution in [2.45, 2.75) is 31.7 Å². The molecule has 1 saturated carbocycles. The summed E-state index contributed by atoms with van der Waals surface area (Å²) >= 11 is 0. The zero-order valence-corrected chi connectivity index (χ0v) is 8.62. The first-order chi connectivity index (χ1) is 6.66. The second-order valence-corrected chi connectivity index (χ2v) is 3.82. The standard InChI is InChI=1S/C11H18N2O/c1-2-3-4-6-10(14)13-9-11(12)7-5-8-11/h2-4,6H,5,7-9,12H2,1H3,(H,13,14). The monoisotopic (exact) mass is 194 g/mol. The Labute approximate surface area is 85.1 Å². The highest BCUT2D eigenvalue weighted by Gasteiger charge is 2.32. The molecule has 0 unspecified atom stereocenters. The van der Waals surface area contributed by atoms with E-state index < -0.39 is 0 Å². The highest BCUT2D eigenvalue weighted by molar-refractivity contribution is 5.87. The smallest absolute Gasteiger partial charge is 0.244 e. The molecule has 0 aromatic rings. The third kappa shape index (κ3) is 3.34. The van der Waals surface area contributed by atoms with Gasteiger partial charge in [0.25, 0.3) is 0 Å². The van der Waals surface area contributed by atoms with E-state index in [1.807, 2.05) is 19.1 Å². The molecule has 0 aromatic carbocycles. The van der Waals surface area contributed by atoms with Crippen LogP contribution in [0.15, 0.2) is 24.3 Å². The van der Waals surface area contributed by atoms with Gasteiger partial charge >= 0.3 is 0 Å². The lowest BCUT2D eigenvalue weighted by Gasteiger charge is -2.37. The topological polar surface area (TPSA) is 55.1 Å². The lowest BCUT2D eigenvalue weighted by atomic mass is 9.78. The van der Waals surface area contributed by atoms with Crippen molar-refractivity contribution in [2.24, 2.45) is 5.73 Å². The highest BCUT2D eigenvalue weighted by atomic mass is 16.1. The molecule has 3 nitrogen and oxygen atoms in total. The first kappa shape index (κ1) is 11.0. The molecule has 14 heavy (non-hydrogen) atoms. The average molecular weight is 194 g/mol. The van der Waals surface area contributed by atoms with E-state index in [9.17, 15) is 4.79 Å². The molecule has 0 spiro atoms. The van der Waals surface area contributed by atoms with Crippen LogP contribution in [0.3, 0.4) is 0 Å². The van der Waals surface area contributed by atoms with E-state index in [1.165, 1.54) is 12.5 Å². The van der Waals surface area contributed by atoms with Gasteiger partial charge in [0.15, 0.2) is 0 Å². The molecule has 0 saturated heterocycles. The summed E-state index contributed by atoms with van der Waals surface area (Å²) in [7, 11) is 0. The molecule has 1 fully saturated rings. The van der Waals surface area contributed by atoms with Crippen LogP contribution in [-0.4, -0.2) is 18.0 Å². The summed E-state index contributed by atoms with van der Waals surface area (Å²) in [5.74, 6) is -0.0696. The van der Waals surface area contributed by atoms with Crippen LogP contribution in [0.1, 0.15) is 26.2 Å². The fourth-order valence-corrected chi connectivity index (χ4v) is 1.38. The van der Waals surface area contributed by atoms with E-state index in [4.69, 9.17) is 5.73 Å². The minimum Gasteiger partial charge on any atom is -0.351 e. The van der Waals surface area contributed by atoms with Gasteiger partial charge < -0.3 is 11.1 Å². The number of nitrogens with two attached hydrogens (primary N) is 1. The minimum atomic E-state index is -0.135. The highest BCUT2D eigenvalue weighted by Crippen LogP contribution is 2.27. The summed E-state index contributed by atoms with van der Waals surface area (Å²) in [6, 6.07) is 0. The minimum absolute atomic E-state index is 0.0696. The van der Waals surface area contributed by atoms with Crippen molar-refractivity contribution in [1.29, 1.82) is 0 Å². The predicted octanol–water partition coefficient (Wildman–Crippen LogP) is 1.12. The number of allylic oxidation sites excluding steroid dienone is 3. The Morgan fingerprint density at radius 3 is 2.71 bits per heavy atom. The van der Waals surface area contributed by atoms with Gasteiger partial charge in [-0.2, -0.15) is 0 Å². The van der Waals surface area contributed by atoms with E-state index in [-0.39, 0.29) is 11.4 Å². The van der Waals surface area contributed by atoms with Crippen molar-refractivity contribution in [2.75, 3.05) is 6.54 Å². The largest absolute Gasteiger partial charge is 0.351 e. The van der Waals surface area contributed by atoms with Crippen molar-refractivity contribution in [3.05, 3.63) is 24.3 Å². The van der Waals surface area contributed by atoms with Gasteiger partial charge in [0, 0.05) is 18.2 Å². The number of carbonyl (C=O) groups is 1. The SMILES string of the molecule is CC=CC=CC(=O)NCC1(N)CCC1. The van der Waals surface area contributed by atoms with Gasteiger partial charge in [-0.3, -0.25) is 4.79 Å². The molecule has 0 aromatic heterocycles. The molecule has 78 valence electrons. The van der Waals surface area contributed by atoms with E-state index >= 15 is 0 Å². The lowest BCUT2D eigenvalue weighted by molar-refractivity contribution is -0.116. The molecule has 0 aliphatic heterocycles. The maximum absolute atomic E-state index is 11.2. The molecule has 1 aliphatic carbocycles. The summed E-state index contributed by atoms with van der Waals surface area (Å²) in [5.41, 5.74) is 5.82. The number of carbonyl (C=O) groups excluding carboxylic acids is 1. The molecule has 0 heterocycles. The Hall–Kier alpha value is -1.09. The molecule has 3 heteroatoms. The zero-order chi connectivity index (χ0) is 10.4. The Balaban J connectivity index is 2.20. The quantitative estimate of drug-likeness (QED) is 0.520. The van der Waals surface area contributed by atoms with Gasteiger partial charge in [-0.15, -0.1) is 0 Å². The maximum Gasteiger partial charge on any atom is 0.244 e. The summed E-state index contributed by atoms with van der Waals surface area (Å²) in [5, 5.41) is 2.80. The van der Waals surface area contributed by atoms with Gasteiger partial charge in [-0.05, 0) is 26.2 Å². The summed E-state index contributed by atoms with van der Waals surface area (Å²) in [4.78, 5) is 11.2. The van der Waals surface area contributed by atoms with Crippen molar-refractivity contribution in [3.63, 3.8) is 0 Å². The second-order valence-electron chi connectivity index (χ2n) is 3.82. The van der Waals surface area contributed by atoms with Crippen molar-refractivity contribution >= 4 is 5.91 Å². The van der Waals surface area contributed by atoms with Crippen LogP contribution in [0.4, 0.5) is 0 Å².